The van der Waals surface area contributed by atoms with Crippen molar-refractivity contribution >= 4 is 17.5 Å². The summed E-state index contributed by atoms with van der Waals surface area (Å²) in [5, 5.41) is 0.588. The third-order valence-electron chi connectivity index (χ3n) is 3.27. The van der Waals surface area contributed by atoms with Gasteiger partial charge in [0, 0.05) is 29.7 Å². The molecule has 1 aromatic rings. The fraction of sp³-hybridized carbons (Fsp3) is 0.462. The highest BCUT2D eigenvalue weighted by Gasteiger charge is 2.17. The largest absolute Gasteiger partial charge is 0.366 e. The summed E-state index contributed by atoms with van der Waals surface area (Å²) in [6.07, 6.45) is 2.21. The molecule has 0 aliphatic carbocycles. The van der Waals surface area contributed by atoms with Crippen molar-refractivity contribution in [2.45, 2.75) is 25.4 Å². The van der Waals surface area contributed by atoms with Crippen LogP contribution in [-0.4, -0.2) is 29.9 Å². The van der Waals surface area contributed by atoms with Crippen molar-refractivity contribution in [2.75, 3.05) is 13.1 Å². The lowest BCUT2D eigenvalue weighted by Crippen LogP contribution is -2.42. The number of hydrogen-bond donors (Lipinski definition) is 2. The maximum atomic E-state index is 11.0. The highest BCUT2D eigenvalue weighted by molar-refractivity contribution is 6.31. The lowest BCUT2D eigenvalue weighted by molar-refractivity contribution is 0.100. The standard InChI is InChI=1S/C13H18ClN3O/c14-12-6-9(13(16)18)3-4-10(12)7-17-5-1-2-11(15)8-17/h3-4,6,11H,1-2,5,7-8,15H2,(H2,16,18)/t11-/m1/s1. The van der Waals surface area contributed by atoms with Crippen molar-refractivity contribution < 1.29 is 4.79 Å². The third kappa shape index (κ3) is 3.22. The van der Waals surface area contributed by atoms with Crippen LogP contribution in [0.4, 0.5) is 0 Å². The van der Waals surface area contributed by atoms with Gasteiger partial charge < -0.3 is 11.5 Å². The van der Waals surface area contributed by atoms with Crippen LogP contribution in [0.3, 0.4) is 0 Å². The summed E-state index contributed by atoms with van der Waals surface area (Å²) in [6, 6.07) is 5.46. The van der Waals surface area contributed by atoms with Gasteiger partial charge in [-0.1, -0.05) is 17.7 Å². The van der Waals surface area contributed by atoms with E-state index in [0.717, 1.165) is 38.0 Å². The smallest absolute Gasteiger partial charge is 0.248 e. The molecule has 0 aromatic heterocycles. The molecule has 1 atom stereocenters. The fourth-order valence-electron chi connectivity index (χ4n) is 2.30. The molecule has 1 saturated heterocycles. The number of nitrogens with zero attached hydrogens (tertiary/aromatic N) is 1. The highest BCUT2D eigenvalue weighted by atomic mass is 35.5. The van der Waals surface area contributed by atoms with Crippen molar-refractivity contribution in [2.24, 2.45) is 11.5 Å². The van der Waals surface area contributed by atoms with Crippen molar-refractivity contribution in [1.82, 2.24) is 4.90 Å². The molecule has 4 N–H and O–H groups in total. The van der Waals surface area contributed by atoms with E-state index in [1.807, 2.05) is 6.07 Å². The van der Waals surface area contributed by atoms with Crippen LogP contribution in [0, 0.1) is 0 Å². The van der Waals surface area contributed by atoms with Crippen LogP contribution in [0.5, 0.6) is 0 Å². The van der Waals surface area contributed by atoms with E-state index in [9.17, 15) is 4.79 Å². The number of rotatable bonds is 3. The van der Waals surface area contributed by atoms with Gasteiger partial charge in [-0.05, 0) is 37.1 Å². The lowest BCUT2D eigenvalue weighted by atomic mass is 10.1. The van der Waals surface area contributed by atoms with E-state index in [1.54, 1.807) is 12.1 Å². The number of halogens is 1. The number of primary amides is 1. The Balaban J connectivity index is 2.07. The van der Waals surface area contributed by atoms with Gasteiger partial charge >= 0.3 is 0 Å². The van der Waals surface area contributed by atoms with Gasteiger partial charge in [-0.2, -0.15) is 0 Å². The Kier molecular flexibility index (Phi) is 4.22. The monoisotopic (exact) mass is 267 g/mol. The van der Waals surface area contributed by atoms with Crippen molar-refractivity contribution in [1.29, 1.82) is 0 Å². The van der Waals surface area contributed by atoms with Gasteiger partial charge in [0.05, 0.1) is 0 Å². The lowest BCUT2D eigenvalue weighted by Gasteiger charge is -2.30. The normalized spacial score (nSPS) is 20.9. The number of carbonyl (C=O) groups is 1. The third-order valence-corrected chi connectivity index (χ3v) is 3.63. The zero-order chi connectivity index (χ0) is 13.1. The minimum atomic E-state index is -0.455. The number of benzene rings is 1. The van der Waals surface area contributed by atoms with Gasteiger partial charge in [0.1, 0.15) is 0 Å². The topological polar surface area (TPSA) is 72.4 Å². The van der Waals surface area contributed by atoms with E-state index in [0.29, 0.717) is 10.6 Å². The second-order valence-corrected chi connectivity index (χ2v) is 5.22. The van der Waals surface area contributed by atoms with Crippen LogP contribution in [0.15, 0.2) is 18.2 Å². The number of hydrogen-bond acceptors (Lipinski definition) is 3. The summed E-state index contributed by atoms with van der Waals surface area (Å²) >= 11 is 6.16. The summed E-state index contributed by atoms with van der Waals surface area (Å²) in [4.78, 5) is 13.3. The first-order valence-corrected chi connectivity index (χ1v) is 6.50. The second kappa shape index (κ2) is 5.69. The Bertz CT molecular complexity index is 450. The molecule has 1 fully saturated rings. The maximum absolute atomic E-state index is 11.0. The summed E-state index contributed by atoms with van der Waals surface area (Å²) in [5.74, 6) is -0.455. The quantitative estimate of drug-likeness (QED) is 0.869. The fourth-order valence-corrected chi connectivity index (χ4v) is 2.54. The Morgan fingerprint density at radius 1 is 1.50 bits per heavy atom. The maximum Gasteiger partial charge on any atom is 0.248 e. The molecule has 0 bridgehead atoms. The predicted octanol–water partition coefficient (Wildman–Crippen LogP) is 1.36. The van der Waals surface area contributed by atoms with Crippen molar-refractivity contribution in [3.63, 3.8) is 0 Å². The molecule has 0 radical (unpaired) electrons. The van der Waals surface area contributed by atoms with E-state index in [4.69, 9.17) is 23.1 Å². The average Bonchev–Trinajstić information content (AvgIpc) is 2.31. The molecule has 1 amide bonds. The summed E-state index contributed by atoms with van der Waals surface area (Å²) in [6.45, 7) is 2.71. The van der Waals surface area contributed by atoms with Gasteiger partial charge in [-0.15, -0.1) is 0 Å². The number of likely N-dealkylation sites (tertiary alicyclic amines) is 1. The van der Waals surface area contributed by atoms with Crippen LogP contribution >= 0.6 is 11.6 Å². The minimum Gasteiger partial charge on any atom is -0.366 e. The predicted molar refractivity (Wildman–Crippen MR) is 72.5 cm³/mol. The van der Waals surface area contributed by atoms with Crippen LogP contribution in [0.1, 0.15) is 28.8 Å². The zero-order valence-electron chi connectivity index (χ0n) is 10.2. The molecule has 1 aromatic carbocycles. The molecule has 1 aliphatic heterocycles. The number of amides is 1. The molecular weight excluding hydrogens is 250 g/mol. The number of piperidine rings is 1. The summed E-state index contributed by atoms with van der Waals surface area (Å²) in [5.41, 5.74) is 12.6. The van der Waals surface area contributed by atoms with Crippen LogP contribution in [0.2, 0.25) is 5.02 Å². The molecule has 4 nitrogen and oxygen atoms in total. The van der Waals surface area contributed by atoms with E-state index in [1.165, 1.54) is 0 Å². The van der Waals surface area contributed by atoms with Crippen LogP contribution in [0.25, 0.3) is 0 Å². The van der Waals surface area contributed by atoms with Crippen LogP contribution < -0.4 is 11.5 Å². The van der Waals surface area contributed by atoms with Crippen molar-refractivity contribution in [3.8, 4) is 0 Å². The van der Waals surface area contributed by atoms with E-state index >= 15 is 0 Å². The molecular formula is C13H18ClN3O. The molecule has 0 saturated carbocycles. The Morgan fingerprint density at radius 2 is 2.28 bits per heavy atom. The first-order valence-electron chi connectivity index (χ1n) is 6.12. The Hall–Kier alpha value is -1.10. The van der Waals surface area contributed by atoms with E-state index in [2.05, 4.69) is 4.90 Å². The molecule has 0 unspecified atom stereocenters. The number of nitrogens with two attached hydrogens (primary N) is 2. The second-order valence-electron chi connectivity index (χ2n) is 4.81. The van der Waals surface area contributed by atoms with Crippen LogP contribution in [-0.2, 0) is 6.54 Å². The molecule has 5 heteroatoms. The first kappa shape index (κ1) is 13.3. The highest BCUT2D eigenvalue weighted by Crippen LogP contribution is 2.21. The molecule has 1 aliphatic rings. The van der Waals surface area contributed by atoms with Gasteiger partial charge in [0.15, 0.2) is 0 Å². The summed E-state index contributed by atoms with van der Waals surface area (Å²) in [7, 11) is 0. The van der Waals surface area contributed by atoms with Crippen molar-refractivity contribution in [3.05, 3.63) is 34.3 Å². The zero-order valence-corrected chi connectivity index (χ0v) is 11.0. The van der Waals surface area contributed by atoms with E-state index < -0.39 is 5.91 Å². The molecule has 98 valence electrons. The number of carbonyl (C=O) groups excluding carboxylic acids is 1. The SMILES string of the molecule is NC(=O)c1ccc(CN2CCC[C@@H](N)C2)c(Cl)c1. The minimum absolute atomic E-state index is 0.252. The average molecular weight is 268 g/mol. The molecule has 18 heavy (non-hydrogen) atoms. The summed E-state index contributed by atoms with van der Waals surface area (Å²) < 4.78 is 0. The van der Waals surface area contributed by atoms with Gasteiger partial charge in [-0.3, -0.25) is 9.69 Å². The van der Waals surface area contributed by atoms with E-state index in [-0.39, 0.29) is 6.04 Å². The molecule has 2 rings (SSSR count). The molecule has 1 heterocycles. The van der Waals surface area contributed by atoms with Gasteiger partial charge in [0.25, 0.3) is 0 Å². The van der Waals surface area contributed by atoms with Gasteiger partial charge in [-0.25, -0.2) is 0 Å². The van der Waals surface area contributed by atoms with Gasteiger partial charge in [0.2, 0.25) is 5.91 Å². The first-order chi connectivity index (χ1) is 8.56. The Labute approximate surface area is 112 Å². The Morgan fingerprint density at radius 3 is 2.89 bits per heavy atom. The molecule has 0 spiro atoms.